The van der Waals surface area contributed by atoms with Gasteiger partial charge in [-0.2, -0.15) is 0 Å². The average Bonchev–Trinajstić information content (AvgIpc) is 2.38. The first-order chi connectivity index (χ1) is 8.95. The number of benzene rings is 1. The fourth-order valence-electron chi connectivity index (χ4n) is 2.00. The van der Waals surface area contributed by atoms with Crippen molar-refractivity contribution in [1.82, 2.24) is 5.32 Å². The average molecular weight is 264 g/mol. The van der Waals surface area contributed by atoms with E-state index >= 15 is 0 Å². The van der Waals surface area contributed by atoms with E-state index in [1.54, 1.807) is 7.11 Å². The fraction of sp³-hybridized carbons (Fsp3) is 0.533. The van der Waals surface area contributed by atoms with Crippen LogP contribution in [0, 0.1) is 13.8 Å². The molecule has 0 spiro atoms. The van der Waals surface area contributed by atoms with Gasteiger partial charge >= 0.3 is 0 Å². The molecule has 1 aromatic carbocycles. The minimum absolute atomic E-state index is 0.0407. The summed E-state index contributed by atoms with van der Waals surface area (Å²) in [6.07, 6.45) is 0.530. The van der Waals surface area contributed by atoms with E-state index in [9.17, 15) is 4.79 Å². The topological polar surface area (TPSA) is 64.3 Å². The van der Waals surface area contributed by atoms with Crippen LogP contribution < -0.4 is 11.1 Å². The van der Waals surface area contributed by atoms with Gasteiger partial charge in [0, 0.05) is 13.7 Å². The summed E-state index contributed by atoms with van der Waals surface area (Å²) in [5.41, 5.74) is 9.29. The normalized spacial score (nSPS) is 13.9. The van der Waals surface area contributed by atoms with Gasteiger partial charge in [-0.05, 0) is 38.3 Å². The second-order valence-electron chi connectivity index (χ2n) is 4.98. The van der Waals surface area contributed by atoms with Gasteiger partial charge in [0.1, 0.15) is 0 Å². The lowest BCUT2D eigenvalue weighted by Gasteiger charge is -2.19. The third-order valence-corrected chi connectivity index (χ3v) is 3.23. The number of amides is 1. The lowest BCUT2D eigenvalue weighted by molar-refractivity contribution is -0.123. The summed E-state index contributed by atoms with van der Waals surface area (Å²) >= 11 is 0. The van der Waals surface area contributed by atoms with Crippen molar-refractivity contribution < 1.29 is 9.53 Å². The van der Waals surface area contributed by atoms with Crippen LogP contribution >= 0.6 is 0 Å². The SMILES string of the molecule is COCCC(N)C(=O)NC(C)c1cc(C)ccc1C. The third-order valence-electron chi connectivity index (χ3n) is 3.23. The van der Waals surface area contributed by atoms with Crippen LogP contribution in [0.5, 0.6) is 0 Å². The maximum Gasteiger partial charge on any atom is 0.237 e. The number of ether oxygens (including phenoxy) is 1. The molecule has 2 atom stereocenters. The monoisotopic (exact) mass is 264 g/mol. The molecule has 0 saturated heterocycles. The molecule has 4 heteroatoms. The second kappa shape index (κ2) is 7.26. The molecule has 0 radical (unpaired) electrons. The zero-order valence-electron chi connectivity index (χ0n) is 12.2. The number of carbonyl (C=O) groups excluding carboxylic acids is 1. The quantitative estimate of drug-likeness (QED) is 0.824. The molecular weight excluding hydrogens is 240 g/mol. The maximum absolute atomic E-state index is 11.9. The minimum Gasteiger partial charge on any atom is -0.385 e. The molecule has 0 saturated carbocycles. The number of aryl methyl sites for hydroxylation is 2. The standard InChI is InChI=1S/C15H24N2O2/c1-10-5-6-11(2)13(9-10)12(3)17-15(18)14(16)7-8-19-4/h5-6,9,12,14H,7-8,16H2,1-4H3,(H,17,18). The Kier molecular flexibility index (Phi) is 5.99. The first-order valence-electron chi connectivity index (χ1n) is 6.57. The first-order valence-corrected chi connectivity index (χ1v) is 6.57. The molecule has 0 bridgehead atoms. The van der Waals surface area contributed by atoms with Gasteiger partial charge in [-0.15, -0.1) is 0 Å². The molecule has 4 nitrogen and oxygen atoms in total. The van der Waals surface area contributed by atoms with E-state index in [2.05, 4.69) is 23.5 Å². The zero-order chi connectivity index (χ0) is 14.4. The van der Waals surface area contributed by atoms with Crippen LogP contribution in [0.1, 0.15) is 36.1 Å². The Balaban J connectivity index is 2.66. The van der Waals surface area contributed by atoms with Gasteiger partial charge in [0.25, 0.3) is 0 Å². The number of rotatable bonds is 6. The first kappa shape index (κ1) is 15.7. The second-order valence-corrected chi connectivity index (χ2v) is 4.98. The van der Waals surface area contributed by atoms with Gasteiger partial charge in [0.2, 0.25) is 5.91 Å². The minimum atomic E-state index is -0.521. The highest BCUT2D eigenvalue weighted by atomic mass is 16.5. The fourth-order valence-corrected chi connectivity index (χ4v) is 2.00. The zero-order valence-corrected chi connectivity index (χ0v) is 12.2. The highest BCUT2D eigenvalue weighted by molar-refractivity contribution is 5.81. The molecule has 106 valence electrons. The Hall–Kier alpha value is -1.39. The Morgan fingerprint density at radius 2 is 2.11 bits per heavy atom. The molecule has 0 aliphatic rings. The molecule has 0 heterocycles. The van der Waals surface area contributed by atoms with E-state index in [1.807, 2.05) is 20.8 Å². The van der Waals surface area contributed by atoms with Crippen molar-refractivity contribution in [3.05, 3.63) is 34.9 Å². The van der Waals surface area contributed by atoms with E-state index < -0.39 is 6.04 Å². The molecule has 1 amide bonds. The van der Waals surface area contributed by atoms with E-state index in [0.29, 0.717) is 13.0 Å². The van der Waals surface area contributed by atoms with Gasteiger partial charge in [-0.1, -0.05) is 23.8 Å². The van der Waals surface area contributed by atoms with Crippen LogP contribution in [-0.4, -0.2) is 25.7 Å². The van der Waals surface area contributed by atoms with Crippen LogP contribution in [0.3, 0.4) is 0 Å². The molecule has 1 rings (SSSR count). The molecular formula is C15H24N2O2. The lowest BCUT2D eigenvalue weighted by Crippen LogP contribution is -2.42. The smallest absolute Gasteiger partial charge is 0.237 e. The molecule has 1 aromatic rings. The highest BCUT2D eigenvalue weighted by Gasteiger charge is 2.17. The molecule has 0 aliphatic carbocycles. The Morgan fingerprint density at radius 1 is 1.42 bits per heavy atom. The predicted molar refractivity (Wildman–Crippen MR) is 76.9 cm³/mol. The summed E-state index contributed by atoms with van der Waals surface area (Å²) in [5.74, 6) is -0.134. The molecule has 0 aliphatic heterocycles. The van der Waals surface area contributed by atoms with Crippen molar-refractivity contribution in [3.63, 3.8) is 0 Å². The van der Waals surface area contributed by atoms with Crippen molar-refractivity contribution in [2.75, 3.05) is 13.7 Å². The predicted octanol–water partition coefficient (Wildman–Crippen LogP) is 1.84. The highest BCUT2D eigenvalue weighted by Crippen LogP contribution is 2.18. The number of methoxy groups -OCH3 is 1. The van der Waals surface area contributed by atoms with Gasteiger partial charge < -0.3 is 15.8 Å². The van der Waals surface area contributed by atoms with Crippen LogP contribution in [0.2, 0.25) is 0 Å². The molecule has 0 aromatic heterocycles. The molecule has 3 N–H and O–H groups in total. The summed E-state index contributed by atoms with van der Waals surface area (Å²) in [6.45, 7) is 6.55. The van der Waals surface area contributed by atoms with Crippen molar-refractivity contribution in [1.29, 1.82) is 0 Å². The number of hydrogen-bond acceptors (Lipinski definition) is 3. The van der Waals surface area contributed by atoms with E-state index in [-0.39, 0.29) is 11.9 Å². The van der Waals surface area contributed by atoms with Gasteiger partial charge in [0.15, 0.2) is 0 Å². The number of carbonyl (C=O) groups is 1. The summed E-state index contributed by atoms with van der Waals surface area (Å²) in [6, 6.07) is 5.67. The maximum atomic E-state index is 11.9. The number of nitrogens with two attached hydrogens (primary N) is 1. The van der Waals surface area contributed by atoms with E-state index in [4.69, 9.17) is 10.5 Å². The van der Waals surface area contributed by atoms with E-state index in [1.165, 1.54) is 11.1 Å². The van der Waals surface area contributed by atoms with Gasteiger partial charge in [0.05, 0.1) is 12.1 Å². The molecule has 0 fully saturated rings. The largest absolute Gasteiger partial charge is 0.385 e. The summed E-state index contributed by atoms with van der Waals surface area (Å²) in [4.78, 5) is 11.9. The Morgan fingerprint density at radius 3 is 2.74 bits per heavy atom. The van der Waals surface area contributed by atoms with Crippen LogP contribution in [0.4, 0.5) is 0 Å². The van der Waals surface area contributed by atoms with Crippen LogP contribution in [0.25, 0.3) is 0 Å². The van der Waals surface area contributed by atoms with Gasteiger partial charge in [-0.25, -0.2) is 0 Å². The van der Waals surface area contributed by atoms with Gasteiger partial charge in [-0.3, -0.25) is 4.79 Å². The third kappa shape index (κ3) is 4.65. The Bertz CT molecular complexity index is 432. The Labute approximate surface area is 115 Å². The molecule has 2 unspecified atom stereocenters. The summed E-state index contributed by atoms with van der Waals surface area (Å²) in [5, 5.41) is 2.95. The van der Waals surface area contributed by atoms with Crippen molar-refractivity contribution in [2.45, 2.75) is 39.3 Å². The van der Waals surface area contributed by atoms with Crippen molar-refractivity contribution in [3.8, 4) is 0 Å². The van der Waals surface area contributed by atoms with E-state index in [0.717, 1.165) is 5.56 Å². The summed E-state index contributed by atoms with van der Waals surface area (Å²) in [7, 11) is 1.60. The van der Waals surface area contributed by atoms with Crippen molar-refractivity contribution >= 4 is 5.91 Å². The number of nitrogens with one attached hydrogen (secondary N) is 1. The number of hydrogen-bond donors (Lipinski definition) is 2. The van der Waals surface area contributed by atoms with Crippen molar-refractivity contribution in [2.24, 2.45) is 5.73 Å². The molecule has 19 heavy (non-hydrogen) atoms. The summed E-state index contributed by atoms with van der Waals surface area (Å²) < 4.78 is 4.93. The van der Waals surface area contributed by atoms with Crippen LogP contribution in [-0.2, 0) is 9.53 Å². The van der Waals surface area contributed by atoms with Crippen LogP contribution in [0.15, 0.2) is 18.2 Å². The lowest BCUT2D eigenvalue weighted by atomic mass is 9.99.